The molecule has 0 radical (unpaired) electrons. The van der Waals surface area contributed by atoms with Gasteiger partial charge < -0.3 is 4.90 Å². The molecule has 3 nitrogen and oxygen atoms in total. The van der Waals surface area contributed by atoms with E-state index in [2.05, 4.69) is 6.92 Å². The molecule has 1 unspecified atom stereocenters. The van der Waals surface area contributed by atoms with Gasteiger partial charge in [-0.05, 0) is 37.6 Å². The van der Waals surface area contributed by atoms with Crippen molar-refractivity contribution in [3.8, 4) is 0 Å². The van der Waals surface area contributed by atoms with Crippen molar-refractivity contribution in [2.24, 2.45) is 4.99 Å². The first-order valence-electron chi connectivity index (χ1n) is 8.40. The molecular formula is C20H21ClN2OS. The Morgan fingerprint density at radius 2 is 1.88 bits per heavy atom. The summed E-state index contributed by atoms with van der Waals surface area (Å²) in [5.74, 6) is 1.05. The summed E-state index contributed by atoms with van der Waals surface area (Å²) < 4.78 is 0. The van der Waals surface area contributed by atoms with E-state index in [9.17, 15) is 4.79 Å². The molecule has 0 bridgehead atoms. The zero-order chi connectivity index (χ0) is 17.8. The van der Waals surface area contributed by atoms with Gasteiger partial charge in [0.05, 0.1) is 12.6 Å². The summed E-state index contributed by atoms with van der Waals surface area (Å²) >= 11 is 7.73. The smallest absolute Gasteiger partial charge is 0.182 e. The zero-order valence-corrected chi connectivity index (χ0v) is 16.0. The molecule has 0 saturated carbocycles. The molecule has 0 N–H and O–H groups in total. The summed E-state index contributed by atoms with van der Waals surface area (Å²) in [7, 11) is 0. The monoisotopic (exact) mass is 372 g/mol. The van der Waals surface area contributed by atoms with Crippen molar-refractivity contribution in [2.45, 2.75) is 26.3 Å². The predicted molar refractivity (Wildman–Crippen MR) is 108 cm³/mol. The van der Waals surface area contributed by atoms with Crippen molar-refractivity contribution in [3.05, 3.63) is 64.7 Å². The Labute approximate surface area is 158 Å². The predicted octanol–water partition coefficient (Wildman–Crippen LogP) is 5.22. The number of rotatable bonds is 5. The maximum atomic E-state index is 12.8. The van der Waals surface area contributed by atoms with Gasteiger partial charge >= 0.3 is 0 Å². The highest BCUT2D eigenvalue weighted by Gasteiger charge is 2.25. The molecular weight excluding hydrogens is 352 g/mol. The summed E-state index contributed by atoms with van der Waals surface area (Å²) in [6.45, 7) is 4.43. The van der Waals surface area contributed by atoms with Gasteiger partial charge in [0.25, 0.3) is 0 Å². The van der Waals surface area contributed by atoms with Gasteiger partial charge in [-0.2, -0.15) is 0 Å². The summed E-state index contributed by atoms with van der Waals surface area (Å²) in [5, 5.41) is 1.59. The molecule has 1 aliphatic rings. The van der Waals surface area contributed by atoms with Crippen molar-refractivity contribution in [1.29, 1.82) is 0 Å². The Hall–Kier alpha value is -1.78. The van der Waals surface area contributed by atoms with Crippen molar-refractivity contribution >= 4 is 40.0 Å². The molecule has 3 rings (SSSR count). The average molecular weight is 373 g/mol. The van der Waals surface area contributed by atoms with Gasteiger partial charge in [-0.3, -0.25) is 9.79 Å². The molecule has 0 aromatic heterocycles. The van der Waals surface area contributed by atoms with Crippen LogP contribution in [-0.2, 0) is 0 Å². The van der Waals surface area contributed by atoms with E-state index in [0.29, 0.717) is 11.1 Å². The molecule has 5 heteroatoms. The Morgan fingerprint density at radius 3 is 2.48 bits per heavy atom. The van der Waals surface area contributed by atoms with Crippen LogP contribution in [0.1, 0.15) is 29.3 Å². The number of ketones is 1. The quantitative estimate of drug-likeness (QED) is 0.674. The van der Waals surface area contributed by atoms with Crippen LogP contribution in [0.4, 0.5) is 5.69 Å². The fourth-order valence-electron chi connectivity index (χ4n) is 2.62. The van der Waals surface area contributed by atoms with E-state index < -0.39 is 0 Å². The Bertz CT molecular complexity index is 771. The molecule has 0 aliphatic carbocycles. The van der Waals surface area contributed by atoms with Gasteiger partial charge in [0.15, 0.2) is 11.0 Å². The number of anilines is 1. The van der Waals surface area contributed by atoms with Crippen LogP contribution in [0.25, 0.3) is 0 Å². The third kappa shape index (κ3) is 4.44. The molecule has 2 aromatic carbocycles. The van der Waals surface area contributed by atoms with Crippen LogP contribution < -0.4 is 4.90 Å². The molecule has 0 spiro atoms. The number of carbonyl (C=O) groups is 1. The van der Waals surface area contributed by atoms with Gasteiger partial charge in [0.2, 0.25) is 0 Å². The summed E-state index contributed by atoms with van der Waals surface area (Å²) in [5.41, 5.74) is 2.81. The molecule has 1 atom stereocenters. The third-order valence-electron chi connectivity index (χ3n) is 4.21. The number of carbonyl (C=O) groups excluding carboxylic acids is 1. The first-order chi connectivity index (χ1) is 12.1. The van der Waals surface area contributed by atoms with Crippen LogP contribution in [0, 0.1) is 6.92 Å². The molecule has 1 aliphatic heterocycles. The van der Waals surface area contributed by atoms with Crippen LogP contribution in [0.15, 0.2) is 53.5 Å². The van der Waals surface area contributed by atoms with Crippen molar-refractivity contribution in [3.63, 3.8) is 0 Å². The summed E-state index contributed by atoms with van der Waals surface area (Å²) in [4.78, 5) is 19.6. The van der Waals surface area contributed by atoms with E-state index in [0.717, 1.165) is 34.2 Å². The Balaban J connectivity index is 1.87. The second-order valence-corrected chi connectivity index (χ2v) is 7.56. The van der Waals surface area contributed by atoms with Crippen molar-refractivity contribution < 1.29 is 4.79 Å². The lowest BCUT2D eigenvalue weighted by Gasteiger charge is -2.23. The van der Waals surface area contributed by atoms with E-state index in [1.807, 2.05) is 60.4 Å². The lowest BCUT2D eigenvalue weighted by Crippen LogP contribution is -2.33. The lowest BCUT2D eigenvalue weighted by atomic mass is 10.1. The number of amidine groups is 1. The SMILES string of the molecule is CCC1CSC(N(CC(=O)c2ccc(C)cc2)c2ccc(Cl)cc2)=N1. The van der Waals surface area contributed by atoms with Crippen LogP contribution in [0.3, 0.4) is 0 Å². The van der Waals surface area contributed by atoms with E-state index in [-0.39, 0.29) is 12.3 Å². The first kappa shape index (κ1) is 18.0. The second-order valence-electron chi connectivity index (χ2n) is 6.14. The van der Waals surface area contributed by atoms with Crippen LogP contribution >= 0.6 is 23.4 Å². The minimum Gasteiger partial charge on any atom is -0.313 e. The molecule has 130 valence electrons. The second kappa shape index (κ2) is 8.07. The largest absolute Gasteiger partial charge is 0.313 e. The highest BCUT2D eigenvalue weighted by atomic mass is 35.5. The van der Waals surface area contributed by atoms with Crippen LogP contribution in [-0.4, -0.2) is 29.3 Å². The molecule has 2 aromatic rings. The maximum Gasteiger partial charge on any atom is 0.182 e. The molecule has 0 saturated heterocycles. The van der Waals surface area contributed by atoms with E-state index in [1.165, 1.54) is 0 Å². The van der Waals surface area contributed by atoms with Gasteiger partial charge in [-0.1, -0.05) is 60.1 Å². The van der Waals surface area contributed by atoms with Crippen molar-refractivity contribution in [2.75, 3.05) is 17.2 Å². The molecule has 1 heterocycles. The van der Waals surface area contributed by atoms with E-state index in [4.69, 9.17) is 16.6 Å². The van der Waals surface area contributed by atoms with E-state index >= 15 is 0 Å². The average Bonchev–Trinajstić information content (AvgIpc) is 3.10. The number of hydrogen-bond acceptors (Lipinski definition) is 4. The highest BCUT2D eigenvalue weighted by Crippen LogP contribution is 2.28. The normalized spacial score (nSPS) is 16.6. The van der Waals surface area contributed by atoms with Crippen LogP contribution in [0.2, 0.25) is 5.02 Å². The molecule has 0 amide bonds. The number of thioether (sulfide) groups is 1. The maximum absolute atomic E-state index is 12.8. The number of aryl methyl sites for hydroxylation is 1. The fraction of sp³-hybridized carbons (Fsp3) is 0.300. The topological polar surface area (TPSA) is 32.7 Å². The Morgan fingerprint density at radius 1 is 1.20 bits per heavy atom. The van der Waals surface area contributed by atoms with Gasteiger partial charge in [0, 0.05) is 22.0 Å². The zero-order valence-electron chi connectivity index (χ0n) is 14.4. The molecule has 0 fully saturated rings. The van der Waals surface area contributed by atoms with Crippen LogP contribution in [0.5, 0.6) is 0 Å². The number of hydrogen-bond donors (Lipinski definition) is 0. The highest BCUT2D eigenvalue weighted by molar-refractivity contribution is 8.14. The number of halogens is 1. The minimum absolute atomic E-state index is 0.0817. The summed E-state index contributed by atoms with van der Waals surface area (Å²) in [6, 6.07) is 15.6. The summed E-state index contributed by atoms with van der Waals surface area (Å²) in [6.07, 6.45) is 1.01. The number of Topliss-reactive ketones (excluding diaryl/α,β-unsaturated/α-hetero) is 1. The number of nitrogens with zero attached hydrogens (tertiary/aromatic N) is 2. The van der Waals surface area contributed by atoms with Crippen molar-refractivity contribution in [1.82, 2.24) is 0 Å². The lowest BCUT2D eigenvalue weighted by molar-refractivity contribution is 0.100. The number of aliphatic imine (C=N–C) groups is 1. The molecule has 25 heavy (non-hydrogen) atoms. The fourth-order valence-corrected chi connectivity index (χ4v) is 3.95. The third-order valence-corrected chi connectivity index (χ3v) is 5.60. The van der Waals surface area contributed by atoms with Gasteiger partial charge in [0.1, 0.15) is 0 Å². The number of benzene rings is 2. The minimum atomic E-state index is 0.0817. The standard InChI is InChI=1S/C20H21ClN2OS/c1-3-17-13-25-20(22-17)23(18-10-8-16(21)9-11-18)12-19(24)15-6-4-14(2)5-7-15/h4-11,17H,3,12-13H2,1-2H3. The first-order valence-corrected chi connectivity index (χ1v) is 9.76. The Kier molecular flexibility index (Phi) is 5.82. The van der Waals surface area contributed by atoms with Gasteiger partial charge in [-0.25, -0.2) is 0 Å². The van der Waals surface area contributed by atoms with E-state index in [1.54, 1.807) is 11.8 Å². The van der Waals surface area contributed by atoms with Gasteiger partial charge in [-0.15, -0.1) is 0 Å².